The maximum Gasteiger partial charge on any atom is 0.317 e. The highest BCUT2D eigenvalue weighted by Gasteiger charge is 2.63. The van der Waals surface area contributed by atoms with E-state index in [2.05, 4.69) is 36.1 Å². The quantitative estimate of drug-likeness (QED) is 0.327. The van der Waals surface area contributed by atoms with E-state index < -0.39 is 17.6 Å². The zero-order valence-corrected chi connectivity index (χ0v) is 21.2. The van der Waals surface area contributed by atoms with E-state index in [0.29, 0.717) is 12.3 Å². The summed E-state index contributed by atoms with van der Waals surface area (Å²) in [4.78, 5) is 29.6. The van der Waals surface area contributed by atoms with Gasteiger partial charge in [-0.1, -0.05) is 47.3 Å². The summed E-state index contributed by atoms with van der Waals surface area (Å²) in [7, 11) is 1.64. The second-order valence-corrected chi connectivity index (χ2v) is 10.4. The zero-order valence-electron chi connectivity index (χ0n) is 21.2. The number of aliphatic imine (C=N–C) groups is 1. The molecular weight excluding hydrogens is 417 g/mol. The Labute approximate surface area is 199 Å². The van der Waals surface area contributed by atoms with Gasteiger partial charge in [-0.05, 0) is 62.4 Å². The van der Waals surface area contributed by atoms with Gasteiger partial charge in [0, 0.05) is 12.1 Å². The molecule has 0 saturated heterocycles. The Morgan fingerprint density at radius 2 is 1.94 bits per heavy atom. The summed E-state index contributed by atoms with van der Waals surface area (Å²) < 4.78 is 6.05. The van der Waals surface area contributed by atoms with Crippen molar-refractivity contribution in [2.45, 2.75) is 91.4 Å². The molecule has 3 rings (SSSR count). The lowest BCUT2D eigenvalue weighted by molar-refractivity contribution is -0.239. The summed E-state index contributed by atoms with van der Waals surface area (Å²) in [5.74, 6) is -0.466. The number of amides is 2. The van der Waals surface area contributed by atoms with Crippen molar-refractivity contribution in [2.24, 2.45) is 28.2 Å². The minimum Gasteiger partial charge on any atom is -0.433 e. The lowest BCUT2D eigenvalue weighted by Crippen LogP contribution is -2.67. The fourth-order valence-corrected chi connectivity index (χ4v) is 5.13. The summed E-state index contributed by atoms with van der Waals surface area (Å²) in [6.45, 7) is 17.4. The number of carbonyl (C=O) groups is 2. The average molecular weight is 458 g/mol. The van der Waals surface area contributed by atoms with Crippen molar-refractivity contribution in [3.8, 4) is 0 Å². The fourth-order valence-electron chi connectivity index (χ4n) is 5.13. The van der Waals surface area contributed by atoms with Crippen molar-refractivity contribution in [3.05, 3.63) is 24.9 Å². The van der Waals surface area contributed by atoms with Crippen LogP contribution >= 0.6 is 0 Å². The molecule has 183 valence electrons. The molecule has 3 saturated carbocycles. The molecule has 2 amide bonds. The van der Waals surface area contributed by atoms with Crippen LogP contribution in [0.3, 0.4) is 0 Å². The highest BCUT2D eigenvalue weighted by molar-refractivity contribution is 6.43. The van der Waals surface area contributed by atoms with Gasteiger partial charge in [0.1, 0.15) is 11.8 Å². The number of allylic oxidation sites excluding steroid dienone is 1. The van der Waals surface area contributed by atoms with Gasteiger partial charge in [0.05, 0.1) is 11.7 Å². The summed E-state index contributed by atoms with van der Waals surface area (Å²) in [6.07, 6.45) is 6.75. The maximum atomic E-state index is 13.0. The van der Waals surface area contributed by atoms with Gasteiger partial charge in [0.15, 0.2) is 0 Å². The number of rotatable bonds is 11. The van der Waals surface area contributed by atoms with Crippen molar-refractivity contribution in [1.29, 1.82) is 0 Å². The van der Waals surface area contributed by atoms with Crippen LogP contribution in [0.5, 0.6) is 0 Å². The van der Waals surface area contributed by atoms with E-state index in [0.717, 1.165) is 12.8 Å². The highest BCUT2D eigenvalue weighted by Crippen LogP contribution is 2.63. The summed E-state index contributed by atoms with van der Waals surface area (Å²) in [5, 5.41) is 16.9. The van der Waals surface area contributed by atoms with Gasteiger partial charge >= 0.3 is 7.48 Å². The molecule has 0 spiro atoms. The predicted octanol–water partition coefficient (Wildman–Crippen LogP) is 2.96. The molecule has 6 unspecified atom stereocenters. The molecule has 3 fully saturated rings. The fraction of sp³-hybridized carbons (Fsp3) is 0.720. The van der Waals surface area contributed by atoms with Crippen LogP contribution in [0.25, 0.3) is 0 Å². The van der Waals surface area contributed by atoms with Crippen molar-refractivity contribution in [1.82, 2.24) is 10.6 Å². The van der Waals surface area contributed by atoms with Crippen LogP contribution in [0.4, 0.5) is 0 Å². The molecule has 8 heteroatoms. The zero-order chi connectivity index (χ0) is 25.0. The van der Waals surface area contributed by atoms with Gasteiger partial charge in [0.2, 0.25) is 5.91 Å². The predicted molar refractivity (Wildman–Crippen MR) is 133 cm³/mol. The smallest absolute Gasteiger partial charge is 0.317 e. The Bertz CT molecular complexity index is 791. The van der Waals surface area contributed by atoms with Crippen LogP contribution < -0.4 is 10.6 Å². The number of hydrogen-bond acceptors (Lipinski definition) is 5. The third kappa shape index (κ3) is 5.96. The van der Waals surface area contributed by atoms with Crippen LogP contribution in [-0.2, 0) is 14.2 Å². The summed E-state index contributed by atoms with van der Waals surface area (Å²) in [6, 6.07) is -0.734. The van der Waals surface area contributed by atoms with Crippen LogP contribution in [-0.4, -0.2) is 53.8 Å². The first-order valence-corrected chi connectivity index (χ1v) is 12.0. The summed E-state index contributed by atoms with van der Waals surface area (Å²) >= 11 is 0. The standard InChI is InChI=1S/C25H41BN3O4/c1-9-12-27-17(10-2)22(30)29-21(15(4)5)23(31)28-20(11-3)26-33-19-14-16-13-18(24(16,6)7)25(19,8)32/h9-10,12,15-16,18-21,32H,2,11,13-14H2,1,3-8H3,(H,28,31)(H,29,30). The van der Waals surface area contributed by atoms with Gasteiger partial charge in [-0.15, -0.1) is 0 Å². The van der Waals surface area contributed by atoms with E-state index in [4.69, 9.17) is 4.65 Å². The first-order chi connectivity index (χ1) is 15.4. The van der Waals surface area contributed by atoms with E-state index in [1.54, 1.807) is 20.5 Å². The van der Waals surface area contributed by atoms with Crippen molar-refractivity contribution < 1.29 is 19.3 Å². The lowest BCUT2D eigenvalue weighted by Gasteiger charge is -2.65. The van der Waals surface area contributed by atoms with Crippen LogP contribution in [0.1, 0.15) is 67.7 Å². The molecule has 3 aliphatic carbocycles. The second kappa shape index (κ2) is 11.0. The second-order valence-electron chi connectivity index (χ2n) is 10.4. The third-order valence-electron chi connectivity index (χ3n) is 7.53. The Balaban J connectivity index is 1.98. The van der Waals surface area contributed by atoms with Gasteiger partial charge < -0.3 is 20.4 Å². The SMILES string of the molecule is C=CC(=NC=CC)C(=O)NC(C(=O)NC([B]OC1CC2CC(C2(C)C)C1(C)O)CC)C(C)C. The average Bonchev–Trinajstić information content (AvgIpc) is 2.74. The minimum absolute atomic E-state index is 0.130. The van der Waals surface area contributed by atoms with E-state index in [1.807, 2.05) is 27.7 Å². The Kier molecular flexibility index (Phi) is 9.11. The third-order valence-corrected chi connectivity index (χ3v) is 7.53. The molecule has 3 aliphatic rings. The molecule has 2 bridgehead atoms. The number of hydrogen-bond donors (Lipinski definition) is 3. The van der Waals surface area contributed by atoms with Crippen molar-refractivity contribution in [3.63, 3.8) is 0 Å². The topological polar surface area (TPSA) is 100 Å². The molecule has 6 atom stereocenters. The molecule has 0 aromatic rings. The molecule has 0 aromatic carbocycles. The maximum absolute atomic E-state index is 13.0. The number of carbonyl (C=O) groups excluding carboxylic acids is 2. The minimum atomic E-state index is -0.904. The summed E-state index contributed by atoms with van der Waals surface area (Å²) in [5.41, 5.74) is -0.626. The van der Waals surface area contributed by atoms with Gasteiger partial charge in [0.25, 0.3) is 5.91 Å². The van der Waals surface area contributed by atoms with Gasteiger partial charge in [-0.2, -0.15) is 0 Å². The van der Waals surface area contributed by atoms with E-state index in [1.165, 1.54) is 12.3 Å². The van der Waals surface area contributed by atoms with Gasteiger partial charge in [-0.25, -0.2) is 0 Å². The van der Waals surface area contributed by atoms with Crippen molar-refractivity contribution in [2.75, 3.05) is 0 Å². The van der Waals surface area contributed by atoms with Crippen molar-refractivity contribution >= 4 is 25.0 Å². The Hall–Kier alpha value is -1.93. The largest absolute Gasteiger partial charge is 0.433 e. The lowest BCUT2D eigenvalue weighted by atomic mass is 9.43. The number of nitrogens with one attached hydrogen (secondary N) is 2. The molecule has 7 nitrogen and oxygen atoms in total. The van der Waals surface area contributed by atoms with E-state index in [-0.39, 0.29) is 40.9 Å². The van der Waals surface area contributed by atoms with Crippen LogP contribution in [0.2, 0.25) is 0 Å². The monoisotopic (exact) mass is 458 g/mol. The number of aliphatic hydroxyl groups is 1. The normalized spacial score (nSPS) is 30.3. The van der Waals surface area contributed by atoms with E-state index in [9.17, 15) is 14.7 Å². The molecular formula is C25H41BN3O4. The first-order valence-electron chi connectivity index (χ1n) is 12.0. The van der Waals surface area contributed by atoms with E-state index >= 15 is 0 Å². The number of fused-ring (bicyclic) bond motifs is 2. The van der Waals surface area contributed by atoms with Gasteiger partial charge in [-0.3, -0.25) is 14.6 Å². The molecule has 0 heterocycles. The van der Waals surface area contributed by atoms with Crippen LogP contribution in [0, 0.1) is 23.2 Å². The van der Waals surface area contributed by atoms with Crippen LogP contribution in [0.15, 0.2) is 29.9 Å². The number of nitrogens with zero attached hydrogens (tertiary/aromatic N) is 1. The molecule has 33 heavy (non-hydrogen) atoms. The molecule has 3 N–H and O–H groups in total. The molecule has 0 aliphatic heterocycles. The molecule has 1 radical (unpaired) electrons. The Morgan fingerprint density at radius 1 is 1.27 bits per heavy atom. The molecule has 0 aromatic heterocycles. The highest BCUT2D eigenvalue weighted by atomic mass is 16.5. The Morgan fingerprint density at radius 3 is 2.42 bits per heavy atom. The first kappa shape index (κ1) is 27.3.